The first kappa shape index (κ1) is 9.42. The van der Waals surface area contributed by atoms with E-state index < -0.39 is 0 Å². The van der Waals surface area contributed by atoms with Crippen molar-refractivity contribution in [3.05, 3.63) is 40.1 Å². The minimum Gasteiger partial charge on any atom is -0.327 e. The molecule has 0 fully saturated rings. The molecular formula is C9H9BrFN. The smallest absolute Gasteiger partial charge is 0.131 e. The van der Waals surface area contributed by atoms with E-state index in [4.69, 9.17) is 5.73 Å². The topological polar surface area (TPSA) is 26.0 Å². The van der Waals surface area contributed by atoms with Crippen molar-refractivity contribution in [3.63, 3.8) is 0 Å². The molecule has 0 aliphatic carbocycles. The molecule has 0 bridgehead atoms. The lowest BCUT2D eigenvalue weighted by atomic mass is 10.2. The van der Waals surface area contributed by atoms with Crippen LogP contribution < -0.4 is 5.73 Å². The molecule has 0 aromatic heterocycles. The van der Waals surface area contributed by atoms with E-state index >= 15 is 0 Å². The summed E-state index contributed by atoms with van der Waals surface area (Å²) in [4.78, 5) is 0. The van der Waals surface area contributed by atoms with Crippen molar-refractivity contribution < 1.29 is 4.39 Å². The maximum atomic E-state index is 13.1. The van der Waals surface area contributed by atoms with E-state index in [-0.39, 0.29) is 5.82 Å². The van der Waals surface area contributed by atoms with Crippen LogP contribution in [0.3, 0.4) is 0 Å². The molecule has 1 rings (SSSR count). The molecule has 64 valence electrons. The number of nitrogens with two attached hydrogens (primary N) is 1. The van der Waals surface area contributed by atoms with Gasteiger partial charge in [0.15, 0.2) is 0 Å². The molecule has 1 aromatic carbocycles. The summed E-state index contributed by atoms with van der Waals surface area (Å²) >= 11 is 3.18. The number of hydrogen-bond donors (Lipinski definition) is 1. The molecule has 0 atom stereocenters. The van der Waals surface area contributed by atoms with Crippen LogP contribution in [0.15, 0.2) is 28.7 Å². The first-order valence-corrected chi connectivity index (χ1v) is 4.35. The Morgan fingerprint density at radius 1 is 1.50 bits per heavy atom. The minimum absolute atomic E-state index is 0.242. The Balaban J connectivity index is 2.94. The first-order chi connectivity index (χ1) is 5.74. The van der Waals surface area contributed by atoms with Gasteiger partial charge >= 0.3 is 0 Å². The second-order valence-electron chi connectivity index (χ2n) is 2.30. The van der Waals surface area contributed by atoms with Crippen LogP contribution in [-0.4, -0.2) is 6.54 Å². The van der Waals surface area contributed by atoms with Gasteiger partial charge in [0, 0.05) is 16.6 Å². The maximum absolute atomic E-state index is 13.1. The monoisotopic (exact) mass is 229 g/mol. The lowest BCUT2D eigenvalue weighted by molar-refractivity contribution is 0.624. The summed E-state index contributed by atoms with van der Waals surface area (Å²) in [6, 6.07) is 4.92. The van der Waals surface area contributed by atoms with E-state index in [1.54, 1.807) is 24.3 Å². The number of rotatable bonds is 2. The highest BCUT2D eigenvalue weighted by atomic mass is 79.9. The van der Waals surface area contributed by atoms with Crippen LogP contribution in [0, 0.1) is 5.82 Å². The lowest BCUT2D eigenvalue weighted by Gasteiger charge is -1.96. The zero-order valence-corrected chi connectivity index (χ0v) is 8.01. The third kappa shape index (κ3) is 2.43. The molecule has 0 radical (unpaired) electrons. The Hall–Kier alpha value is -0.670. The molecule has 0 heterocycles. The molecule has 0 amide bonds. The first-order valence-electron chi connectivity index (χ1n) is 3.55. The van der Waals surface area contributed by atoms with Gasteiger partial charge in [-0.2, -0.15) is 0 Å². The average molecular weight is 230 g/mol. The van der Waals surface area contributed by atoms with Gasteiger partial charge < -0.3 is 5.73 Å². The van der Waals surface area contributed by atoms with Crippen molar-refractivity contribution in [3.8, 4) is 0 Å². The third-order valence-corrected chi connectivity index (χ3v) is 1.89. The van der Waals surface area contributed by atoms with E-state index in [2.05, 4.69) is 15.9 Å². The van der Waals surface area contributed by atoms with E-state index in [9.17, 15) is 4.39 Å². The minimum atomic E-state index is -0.242. The van der Waals surface area contributed by atoms with Gasteiger partial charge in [0.05, 0.1) is 0 Å². The number of halogens is 2. The van der Waals surface area contributed by atoms with Crippen molar-refractivity contribution in [2.24, 2.45) is 5.73 Å². The quantitative estimate of drug-likeness (QED) is 0.830. The average Bonchev–Trinajstić information content (AvgIpc) is 2.03. The normalized spacial score (nSPS) is 10.9. The van der Waals surface area contributed by atoms with Crippen LogP contribution in [0.2, 0.25) is 0 Å². The zero-order valence-electron chi connectivity index (χ0n) is 6.43. The molecule has 2 N–H and O–H groups in total. The van der Waals surface area contributed by atoms with E-state index in [1.807, 2.05) is 0 Å². The molecule has 3 heteroatoms. The SMILES string of the molecule is NC/C=C/c1ccc(Br)cc1F. The Labute approximate surface area is 79.2 Å². The van der Waals surface area contributed by atoms with Crippen LogP contribution in [-0.2, 0) is 0 Å². The predicted octanol–water partition coefficient (Wildman–Crippen LogP) is 2.56. The third-order valence-electron chi connectivity index (χ3n) is 1.40. The highest BCUT2D eigenvalue weighted by Gasteiger charge is 1.97. The highest BCUT2D eigenvalue weighted by molar-refractivity contribution is 9.10. The van der Waals surface area contributed by atoms with Crippen LogP contribution in [0.4, 0.5) is 4.39 Å². The molecule has 0 aliphatic rings. The summed E-state index contributed by atoms with van der Waals surface area (Å²) in [5, 5.41) is 0. The summed E-state index contributed by atoms with van der Waals surface area (Å²) in [5.41, 5.74) is 5.80. The van der Waals surface area contributed by atoms with Gasteiger partial charge in [-0.05, 0) is 12.1 Å². The van der Waals surface area contributed by atoms with Gasteiger partial charge in [0.25, 0.3) is 0 Å². The fourth-order valence-electron chi connectivity index (χ4n) is 0.832. The second-order valence-corrected chi connectivity index (χ2v) is 3.22. The standard InChI is InChI=1S/C9H9BrFN/c10-8-4-3-7(2-1-5-12)9(11)6-8/h1-4,6H,5,12H2/b2-1+. The summed E-state index contributed by atoms with van der Waals surface area (Å²) in [7, 11) is 0. The largest absolute Gasteiger partial charge is 0.327 e. The van der Waals surface area contributed by atoms with E-state index in [0.29, 0.717) is 12.1 Å². The zero-order chi connectivity index (χ0) is 8.97. The van der Waals surface area contributed by atoms with Crippen LogP contribution in [0.1, 0.15) is 5.56 Å². The van der Waals surface area contributed by atoms with E-state index in [1.165, 1.54) is 6.07 Å². The maximum Gasteiger partial charge on any atom is 0.131 e. The van der Waals surface area contributed by atoms with Gasteiger partial charge in [-0.3, -0.25) is 0 Å². The van der Waals surface area contributed by atoms with Crippen LogP contribution in [0.5, 0.6) is 0 Å². The molecule has 12 heavy (non-hydrogen) atoms. The van der Waals surface area contributed by atoms with Gasteiger partial charge in [-0.15, -0.1) is 0 Å². The molecule has 1 aromatic rings. The van der Waals surface area contributed by atoms with Crippen molar-refractivity contribution in [1.82, 2.24) is 0 Å². The Morgan fingerprint density at radius 3 is 2.83 bits per heavy atom. The molecule has 0 unspecified atom stereocenters. The van der Waals surface area contributed by atoms with Crippen LogP contribution >= 0.6 is 15.9 Å². The molecule has 0 spiro atoms. The van der Waals surface area contributed by atoms with Crippen molar-refractivity contribution in [2.45, 2.75) is 0 Å². The van der Waals surface area contributed by atoms with Gasteiger partial charge in [-0.1, -0.05) is 34.1 Å². The Bertz CT molecular complexity index is 297. The summed E-state index contributed by atoms with van der Waals surface area (Å²) < 4.78 is 13.8. The lowest BCUT2D eigenvalue weighted by Crippen LogP contribution is -1.92. The summed E-state index contributed by atoms with van der Waals surface area (Å²) in [6.07, 6.45) is 3.38. The predicted molar refractivity (Wildman–Crippen MR) is 52.2 cm³/mol. The van der Waals surface area contributed by atoms with Crippen molar-refractivity contribution in [1.29, 1.82) is 0 Å². The summed E-state index contributed by atoms with van der Waals surface area (Å²) in [6.45, 7) is 0.426. The second kappa shape index (κ2) is 4.38. The highest BCUT2D eigenvalue weighted by Crippen LogP contribution is 2.15. The van der Waals surface area contributed by atoms with Gasteiger partial charge in [0.2, 0.25) is 0 Å². The number of benzene rings is 1. The van der Waals surface area contributed by atoms with Gasteiger partial charge in [-0.25, -0.2) is 4.39 Å². The fraction of sp³-hybridized carbons (Fsp3) is 0.111. The van der Waals surface area contributed by atoms with Crippen molar-refractivity contribution in [2.75, 3.05) is 6.54 Å². The molecule has 1 nitrogen and oxygen atoms in total. The van der Waals surface area contributed by atoms with Crippen LogP contribution in [0.25, 0.3) is 6.08 Å². The fourth-order valence-corrected chi connectivity index (χ4v) is 1.16. The molecule has 0 saturated heterocycles. The number of hydrogen-bond acceptors (Lipinski definition) is 1. The molecule has 0 saturated carbocycles. The Kier molecular flexibility index (Phi) is 3.44. The van der Waals surface area contributed by atoms with Crippen molar-refractivity contribution >= 4 is 22.0 Å². The Morgan fingerprint density at radius 2 is 2.25 bits per heavy atom. The van der Waals surface area contributed by atoms with E-state index in [0.717, 1.165) is 4.47 Å². The van der Waals surface area contributed by atoms with Gasteiger partial charge in [0.1, 0.15) is 5.82 Å². The summed E-state index contributed by atoms with van der Waals surface area (Å²) in [5.74, 6) is -0.242. The molecule has 0 aliphatic heterocycles. The molecular weight excluding hydrogens is 221 g/mol.